The first-order valence-electron chi connectivity index (χ1n) is 5.96. The first-order chi connectivity index (χ1) is 8.79. The van der Waals surface area contributed by atoms with Crippen LogP contribution >= 0.6 is 11.3 Å². The number of hydrogen-bond acceptors (Lipinski definition) is 3. The van der Waals surface area contributed by atoms with Crippen molar-refractivity contribution in [1.29, 1.82) is 0 Å². The van der Waals surface area contributed by atoms with Gasteiger partial charge in [-0.25, -0.2) is 4.68 Å². The van der Waals surface area contributed by atoms with Gasteiger partial charge in [-0.2, -0.15) is 16.4 Å². The largest absolute Gasteiger partial charge is 0.299 e. The molecule has 1 aromatic carbocycles. The summed E-state index contributed by atoms with van der Waals surface area (Å²) in [7, 11) is 1.95. The molecule has 1 unspecified atom stereocenters. The minimum Gasteiger partial charge on any atom is -0.299 e. The smallest absolute Gasteiger partial charge is 0.0989 e. The number of fused-ring (bicyclic) bond motifs is 1. The van der Waals surface area contributed by atoms with Gasteiger partial charge >= 0.3 is 0 Å². The zero-order chi connectivity index (χ0) is 12.5. The molecule has 0 bridgehead atoms. The summed E-state index contributed by atoms with van der Waals surface area (Å²) in [5, 5.41) is 13.1. The third-order valence-corrected chi connectivity index (χ3v) is 3.92. The van der Waals surface area contributed by atoms with Crippen molar-refractivity contribution >= 4 is 22.2 Å². The highest BCUT2D eigenvalue weighted by molar-refractivity contribution is 7.08. The fourth-order valence-electron chi connectivity index (χ4n) is 2.08. The Labute approximate surface area is 110 Å². The van der Waals surface area contributed by atoms with E-state index in [1.165, 1.54) is 22.0 Å². The van der Waals surface area contributed by atoms with Gasteiger partial charge in [0.15, 0.2) is 0 Å². The van der Waals surface area contributed by atoms with Gasteiger partial charge in [0.1, 0.15) is 0 Å². The van der Waals surface area contributed by atoms with E-state index in [4.69, 9.17) is 0 Å². The van der Waals surface area contributed by atoms with Gasteiger partial charge in [-0.3, -0.25) is 5.32 Å². The first-order valence-corrected chi connectivity index (χ1v) is 6.91. The number of thiophene rings is 1. The van der Waals surface area contributed by atoms with Gasteiger partial charge in [0.25, 0.3) is 0 Å². The van der Waals surface area contributed by atoms with Crippen molar-refractivity contribution in [3.05, 3.63) is 41.2 Å². The predicted molar refractivity (Wildman–Crippen MR) is 76.8 cm³/mol. The van der Waals surface area contributed by atoms with Gasteiger partial charge in [0.2, 0.25) is 0 Å². The summed E-state index contributed by atoms with van der Waals surface area (Å²) >= 11 is 1.72. The normalized spacial score (nSPS) is 13.0. The maximum atomic E-state index is 4.45. The van der Waals surface area contributed by atoms with Crippen LogP contribution in [-0.2, 0) is 0 Å². The lowest BCUT2D eigenvalue weighted by molar-refractivity contribution is 0.446. The van der Waals surface area contributed by atoms with E-state index in [0.29, 0.717) is 0 Å². The molecule has 3 aromatic rings. The van der Waals surface area contributed by atoms with Crippen molar-refractivity contribution in [2.24, 2.45) is 0 Å². The van der Waals surface area contributed by atoms with Crippen LogP contribution in [0.2, 0.25) is 0 Å². The van der Waals surface area contributed by atoms with E-state index >= 15 is 0 Å². The topological polar surface area (TPSA) is 29.9 Å². The van der Waals surface area contributed by atoms with E-state index in [-0.39, 0.29) is 6.17 Å². The second kappa shape index (κ2) is 4.55. The average Bonchev–Trinajstić information content (AvgIpc) is 3.06. The number of hydrogen-bond donors (Lipinski definition) is 1. The second-order valence-corrected chi connectivity index (χ2v) is 5.12. The summed E-state index contributed by atoms with van der Waals surface area (Å²) in [6.45, 7) is 2.10. The molecular formula is C14H15N3S. The standard InChI is InChI=1S/C14H15N3S/c1-10(15-2)17-14-7-11(13-5-6-18-9-13)3-4-12(14)8-16-17/h3-10,15H,1-2H3. The third-order valence-electron chi connectivity index (χ3n) is 3.24. The van der Waals surface area contributed by atoms with Crippen LogP contribution in [0.3, 0.4) is 0 Å². The zero-order valence-electron chi connectivity index (χ0n) is 10.4. The van der Waals surface area contributed by atoms with Crippen molar-refractivity contribution < 1.29 is 0 Å². The molecule has 3 rings (SSSR count). The van der Waals surface area contributed by atoms with Crippen LogP contribution < -0.4 is 5.32 Å². The number of benzene rings is 1. The molecule has 1 N–H and O–H groups in total. The van der Waals surface area contributed by atoms with Crippen molar-refractivity contribution in [2.75, 3.05) is 7.05 Å². The Kier molecular flexibility index (Phi) is 2.89. The first kappa shape index (κ1) is 11.4. The van der Waals surface area contributed by atoms with Crippen molar-refractivity contribution in [3.63, 3.8) is 0 Å². The van der Waals surface area contributed by atoms with Crippen molar-refractivity contribution in [2.45, 2.75) is 13.1 Å². The quantitative estimate of drug-likeness (QED) is 0.778. The van der Waals surface area contributed by atoms with E-state index in [9.17, 15) is 0 Å². The van der Waals surface area contributed by atoms with Gasteiger partial charge in [0, 0.05) is 5.39 Å². The summed E-state index contributed by atoms with van der Waals surface area (Å²) in [5.41, 5.74) is 3.68. The number of aromatic nitrogens is 2. The van der Waals surface area contributed by atoms with E-state index in [1.54, 1.807) is 11.3 Å². The van der Waals surface area contributed by atoms with E-state index in [0.717, 1.165) is 0 Å². The lowest BCUT2D eigenvalue weighted by atomic mass is 10.1. The maximum Gasteiger partial charge on any atom is 0.0989 e. The van der Waals surface area contributed by atoms with Crippen molar-refractivity contribution in [3.8, 4) is 11.1 Å². The zero-order valence-corrected chi connectivity index (χ0v) is 11.2. The molecule has 18 heavy (non-hydrogen) atoms. The lowest BCUT2D eigenvalue weighted by Crippen LogP contribution is -2.20. The predicted octanol–water partition coefficient (Wildman–Crippen LogP) is 3.50. The van der Waals surface area contributed by atoms with Crippen LogP contribution in [0.15, 0.2) is 41.2 Å². The Balaban J connectivity index is 2.15. The summed E-state index contributed by atoms with van der Waals surface area (Å²) < 4.78 is 2.02. The minimum atomic E-state index is 0.195. The van der Waals surface area contributed by atoms with E-state index in [1.807, 2.05) is 17.9 Å². The third kappa shape index (κ3) is 1.83. The summed E-state index contributed by atoms with van der Waals surface area (Å²) in [6, 6.07) is 8.64. The van der Waals surface area contributed by atoms with Gasteiger partial charge in [-0.05, 0) is 48.0 Å². The molecule has 0 radical (unpaired) electrons. The molecule has 0 aliphatic heterocycles. The summed E-state index contributed by atoms with van der Waals surface area (Å²) in [4.78, 5) is 0. The van der Waals surface area contributed by atoms with E-state index < -0.39 is 0 Å². The molecule has 0 fully saturated rings. The summed E-state index contributed by atoms with van der Waals surface area (Å²) in [6.07, 6.45) is 2.11. The fraction of sp³-hybridized carbons (Fsp3) is 0.214. The molecule has 2 heterocycles. The average molecular weight is 257 g/mol. The highest BCUT2D eigenvalue weighted by atomic mass is 32.1. The molecule has 0 aliphatic rings. The van der Waals surface area contributed by atoms with Gasteiger partial charge in [-0.1, -0.05) is 12.1 Å². The monoisotopic (exact) mass is 257 g/mol. The molecule has 1 atom stereocenters. The Hall–Kier alpha value is -1.65. The Morgan fingerprint density at radius 2 is 2.17 bits per heavy atom. The van der Waals surface area contributed by atoms with Crippen LogP contribution in [0, 0.1) is 0 Å². The van der Waals surface area contributed by atoms with Crippen LogP contribution in [-0.4, -0.2) is 16.8 Å². The Bertz CT molecular complexity index is 655. The van der Waals surface area contributed by atoms with Gasteiger partial charge < -0.3 is 0 Å². The highest BCUT2D eigenvalue weighted by Crippen LogP contribution is 2.26. The van der Waals surface area contributed by atoms with Crippen LogP contribution in [0.5, 0.6) is 0 Å². The van der Waals surface area contributed by atoms with Gasteiger partial charge in [-0.15, -0.1) is 0 Å². The molecule has 0 saturated carbocycles. The molecule has 2 aromatic heterocycles. The van der Waals surface area contributed by atoms with Crippen LogP contribution in [0.4, 0.5) is 0 Å². The Morgan fingerprint density at radius 1 is 1.28 bits per heavy atom. The number of nitrogens with one attached hydrogen (secondary N) is 1. The van der Waals surface area contributed by atoms with Crippen LogP contribution in [0.1, 0.15) is 13.1 Å². The maximum absolute atomic E-state index is 4.45. The molecule has 0 saturated heterocycles. The minimum absolute atomic E-state index is 0.195. The summed E-state index contributed by atoms with van der Waals surface area (Å²) in [5.74, 6) is 0. The molecule has 92 valence electrons. The SMILES string of the molecule is CNC(C)n1ncc2ccc(-c3ccsc3)cc21. The van der Waals surface area contributed by atoms with E-state index in [2.05, 4.69) is 52.4 Å². The number of rotatable bonds is 3. The molecule has 0 amide bonds. The second-order valence-electron chi connectivity index (χ2n) is 4.34. The molecule has 4 heteroatoms. The van der Waals surface area contributed by atoms with Crippen LogP contribution in [0.25, 0.3) is 22.0 Å². The van der Waals surface area contributed by atoms with Gasteiger partial charge in [0.05, 0.1) is 17.9 Å². The number of nitrogens with zero attached hydrogens (tertiary/aromatic N) is 2. The fourth-order valence-corrected chi connectivity index (χ4v) is 2.74. The van der Waals surface area contributed by atoms with Crippen molar-refractivity contribution in [1.82, 2.24) is 15.1 Å². The lowest BCUT2D eigenvalue weighted by Gasteiger charge is -2.12. The molecular weight excluding hydrogens is 242 g/mol. The molecule has 0 spiro atoms. The molecule has 0 aliphatic carbocycles. The Morgan fingerprint density at radius 3 is 2.89 bits per heavy atom. The highest BCUT2D eigenvalue weighted by Gasteiger charge is 2.09. The molecule has 3 nitrogen and oxygen atoms in total.